The summed E-state index contributed by atoms with van der Waals surface area (Å²) in [7, 11) is 0. The van der Waals surface area contributed by atoms with Crippen LogP contribution in [0.5, 0.6) is 5.75 Å². The van der Waals surface area contributed by atoms with Gasteiger partial charge in [0.1, 0.15) is 11.5 Å². The van der Waals surface area contributed by atoms with Gasteiger partial charge in [0.25, 0.3) is 0 Å². The number of halogens is 2. The van der Waals surface area contributed by atoms with E-state index >= 15 is 0 Å². The molecule has 6 nitrogen and oxygen atoms in total. The van der Waals surface area contributed by atoms with Crippen LogP contribution in [0.2, 0.25) is 10.0 Å². The monoisotopic (exact) mass is 531 g/mol. The summed E-state index contributed by atoms with van der Waals surface area (Å²) in [5.41, 5.74) is 1.59. The third-order valence-electron chi connectivity index (χ3n) is 5.64. The minimum Gasteiger partial charge on any atom is -0.476 e. The molecule has 3 aromatic rings. The van der Waals surface area contributed by atoms with E-state index in [0.717, 1.165) is 17.0 Å². The van der Waals surface area contributed by atoms with Crippen molar-refractivity contribution in [3.63, 3.8) is 0 Å². The van der Waals surface area contributed by atoms with E-state index in [0.29, 0.717) is 39.2 Å². The Morgan fingerprint density at radius 3 is 2.44 bits per heavy atom. The Morgan fingerprint density at radius 2 is 1.83 bits per heavy atom. The number of aryl methyl sites for hydroxylation is 2. The summed E-state index contributed by atoms with van der Waals surface area (Å²) in [6.07, 6.45) is 0.685. The molecular formula is C28H31Cl2NO5. The molecule has 0 unspecified atom stereocenters. The van der Waals surface area contributed by atoms with Crippen LogP contribution in [0, 0.1) is 6.92 Å². The van der Waals surface area contributed by atoms with E-state index in [-0.39, 0.29) is 24.7 Å². The molecule has 36 heavy (non-hydrogen) atoms. The molecule has 0 N–H and O–H groups in total. The molecule has 192 valence electrons. The number of ketones is 1. The molecule has 0 saturated carbocycles. The number of Topliss-reactive ketones (excluding diaryl/α,β-unsaturated/α-hetero) is 1. The van der Waals surface area contributed by atoms with Gasteiger partial charge >= 0.3 is 5.97 Å². The zero-order valence-corrected chi connectivity index (χ0v) is 22.9. The van der Waals surface area contributed by atoms with Gasteiger partial charge in [0.2, 0.25) is 5.89 Å². The zero-order chi connectivity index (χ0) is 26.6. The number of rotatable bonds is 10. The Kier molecular flexibility index (Phi) is 8.85. The Balaban J connectivity index is 1.75. The van der Waals surface area contributed by atoms with E-state index in [1.54, 1.807) is 57.2 Å². The molecule has 0 saturated heterocycles. The minimum atomic E-state index is -1.14. The fourth-order valence-electron chi connectivity index (χ4n) is 3.79. The average molecular weight is 532 g/mol. The Hall–Kier alpha value is -2.83. The summed E-state index contributed by atoms with van der Waals surface area (Å²) in [5.74, 6) is 1.24. The molecule has 0 amide bonds. The van der Waals surface area contributed by atoms with E-state index in [2.05, 4.69) is 4.98 Å². The van der Waals surface area contributed by atoms with Crippen molar-refractivity contribution in [3.8, 4) is 17.2 Å². The Morgan fingerprint density at radius 1 is 1.11 bits per heavy atom. The summed E-state index contributed by atoms with van der Waals surface area (Å²) < 4.78 is 16.9. The second kappa shape index (κ2) is 11.5. The molecule has 0 fully saturated rings. The van der Waals surface area contributed by atoms with Crippen LogP contribution in [0.3, 0.4) is 0 Å². The lowest BCUT2D eigenvalue weighted by Crippen LogP contribution is -2.39. The number of oxazole rings is 1. The minimum absolute atomic E-state index is 0.0208. The molecule has 0 bridgehead atoms. The van der Waals surface area contributed by atoms with Crippen LogP contribution < -0.4 is 4.74 Å². The molecule has 0 aliphatic carbocycles. The Labute approximate surface area is 221 Å². The molecular weight excluding hydrogens is 501 g/mol. The number of carbonyl (C=O) groups is 2. The van der Waals surface area contributed by atoms with E-state index < -0.39 is 11.6 Å². The van der Waals surface area contributed by atoms with Crippen molar-refractivity contribution in [3.05, 3.63) is 69.0 Å². The number of carbonyl (C=O) groups excluding carboxylic acids is 2. The normalized spacial score (nSPS) is 11.6. The molecule has 0 aliphatic heterocycles. The van der Waals surface area contributed by atoms with E-state index in [9.17, 15) is 9.59 Å². The van der Waals surface area contributed by atoms with Crippen LogP contribution in [0.4, 0.5) is 0 Å². The van der Waals surface area contributed by atoms with Gasteiger partial charge in [-0.05, 0) is 69.7 Å². The van der Waals surface area contributed by atoms with Crippen LogP contribution in [0.25, 0.3) is 11.5 Å². The maximum absolute atomic E-state index is 13.1. The molecule has 0 atom stereocenters. The van der Waals surface area contributed by atoms with Crippen molar-refractivity contribution in [1.82, 2.24) is 4.98 Å². The van der Waals surface area contributed by atoms with Crippen molar-refractivity contribution in [2.75, 3.05) is 6.61 Å². The number of hydrogen-bond donors (Lipinski definition) is 0. The highest BCUT2D eigenvalue weighted by Crippen LogP contribution is 2.33. The highest BCUT2D eigenvalue weighted by atomic mass is 35.5. The van der Waals surface area contributed by atoms with Crippen LogP contribution in [0.1, 0.15) is 74.3 Å². The second-order valence-electron chi connectivity index (χ2n) is 9.34. The number of nitrogens with zero attached hydrogens (tertiary/aromatic N) is 1. The number of hydrogen-bond acceptors (Lipinski definition) is 6. The molecule has 0 radical (unpaired) electrons. The first-order chi connectivity index (χ1) is 16.9. The SMILES string of the molecule is CCOC(=O)C(C)(C)Oc1ccc(C(=O)CCc2nc(-c3ccc(Cl)cc3Cl)oc2C(C)C)c(C)c1. The van der Waals surface area contributed by atoms with Gasteiger partial charge in [-0.1, -0.05) is 37.0 Å². The predicted molar refractivity (Wildman–Crippen MR) is 141 cm³/mol. The van der Waals surface area contributed by atoms with Gasteiger partial charge in [0.05, 0.1) is 22.9 Å². The van der Waals surface area contributed by atoms with Crippen LogP contribution >= 0.6 is 23.2 Å². The van der Waals surface area contributed by atoms with Crippen molar-refractivity contribution >= 4 is 35.0 Å². The lowest BCUT2D eigenvalue weighted by Gasteiger charge is -2.24. The lowest BCUT2D eigenvalue weighted by molar-refractivity contribution is -0.158. The number of aromatic nitrogens is 1. The van der Waals surface area contributed by atoms with Gasteiger partial charge in [-0.15, -0.1) is 0 Å². The summed E-state index contributed by atoms with van der Waals surface area (Å²) >= 11 is 12.4. The van der Waals surface area contributed by atoms with Crippen molar-refractivity contribution in [2.24, 2.45) is 0 Å². The van der Waals surface area contributed by atoms with Crippen LogP contribution in [-0.2, 0) is 16.0 Å². The highest BCUT2D eigenvalue weighted by molar-refractivity contribution is 6.36. The van der Waals surface area contributed by atoms with Crippen molar-refractivity contribution in [2.45, 2.75) is 65.9 Å². The Bertz CT molecular complexity index is 1260. The molecule has 3 rings (SSSR count). The number of benzene rings is 2. The standard InChI is InChI=1S/C28H31Cl2NO5/c1-7-34-27(33)28(5,6)36-19-9-11-20(17(4)14-19)24(32)13-12-23-25(16(2)3)35-26(31-23)21-10-8-18(29)15-22(21)30/h8-11,14-16H,7,12-13H2,1-6H3. The van der Waals surface area contributed by atoms with Gasteiger partial charge in [-0.3, -0.25) is 4.79 Å². The first-order valence-corrected chi connectivity index (χ1v) is 12.6. The molecule has 8 heteroatoms. The summed E-state index contributed by atoms with van der Waals surface area (Å²) in [4.78, 5) is 29.8. The van der Waals surface area contributed by atoms with Gasteiger partial charge < -0.3 is 13.9 Å². The molecule has 1 aromatic heterocycles. The quantitative estimate of drug-likeness (QED) is 0.198. The molecule has 0 aliphatic rings. The van der Waals surface area contributed by atoms with Gasteiger partial charge in [0.15, 0.2) is 11.4 Å². The summed E-state index contributed by atoms with van der Waals surface area (Å²) in [5, 5.41) is 0.979. The van der Waals surface area contributed by atoms with Crippen molar-refractivity contribution in [1.29, 1.82) is 0 Å². The first-order valence-electron chi connectivity index (χ1n) is 11.9. The number of esters is 1. The van der Waals surface area contributed by atoms with Gasteiger partial charge in [-0.25, -0.2) is 9.78 Å². The third-order valence-corrected chi connectivity index (χ3v) is 6.19. The summed E-state index contributed by atoms with van der Waals surface area (Å²) in [6.45, 7) is 11.2. The smallest absolute Gasteiger partial charge is 0.349 e. The first kappa shape index (κ1) is 27.8. The maximum Gasteiger partial charge on any atom is 0.349 e. The molecule has 1 heterocycles. The maximum atomic E-state index is 13.1. The molecule has 0 spiro atoms. The van der Waals surface area contributed by atoms with E-state index in [1.165, 1.54) is 0 Å². The van der Waals surface area contributed by atoms with E-state index in [1.807, 2.05) is 20.8 Å². The zero-order valence-electron chi connectivity index (χ0n) is 21.4. The fourth-order valence-corrected chi connectivity index (χ4v) is 4.28. The average Bonchev–Trinajstić information content (AvgIpc) is 3.21. The largest absolute Gasteiger partial charge is 0.476 e. The van der Waals surface area contributed by atoms with Crippen LogP contribution in [0.15, 0.2) is 40.8 Å². The van der Waals surface area contributed by atoms with E-state index in [4.69, 9.17) is 37.1 Å². The second-order valence-corrected chi connectivity index (χ2v) is 10.2. The molecule has 2 aromatic carbocycles. The highest BCUT2D eigenvalue weighted by Gasteiger charge is 2.31. The third kappa shape index (κ3) is 6.48. The topological polar surface area (TPSA) is 78.6 Å². The lowest BCUT2D eigenvalue weighted by atomic mass is 9.99. The number of ether oxygens (including phenoxy) is 2. The summed E-state index contributed by atoms with van der Waals surface area (Å²) in [6, 6.07) is 10.3. The van der Waals surface area contributed by atoms with Crippen LogP contribution in [-0.4, -0.2) is 28.9 Å². The van der Waals surface area contributed by atoms with Gasteiger partial charge in [0, 0.05) is 29.3 Å². The fraction of sp³-hybridized carbons (Fsp3) is 0.393. The van der Waals surface area contributed by atoms with Crippen molar-refractivity contribution < 1.29 is 23.5 Å². The predicted octanol–water partition coefficient (Wildman–Crippen LogP) is 7.62. The van der Waals surface area contributed by atoms with Gasteiger partial charge in [-0.2, -0.15) is 0 Å².